The third-order valence-corrected chi connectivity index (χ3v) is 3.49. The minimum atomic E-state index is -0.159. The Morgan fingerprint density at radius 1 is 0.958 bits per heavy atom. The lowest BCUT2D eigenvalue weighted by Crippen LogP contribution is -2.29. The first kappa shape index (κ1) is 17.5. The van der Waals surface area contributed by atoms with Gasteiger partial charge in [-0.15, -0.1) is 0 Å². The number of carbonyl (C=O) groups is 2. The smallest absolute Gasteiger partial charge is 0.252 e. The van der Waals surface area contributed by atoms with Gasteiger partial charge >= 0.3 is 0 Å². The molecule has 0 aliphatic rings. The summed E-state index contributed by atoms with van der Waals surface area (Å²) in [6.45, 7) is 0.995. The minimum absolute atomic E-state index is 0.112. The van der Waals surface area contributed by atoms with Gasteiger partial charge in [-0.3, -0.25) is 14.6 Å². The van der Waals surface area contributed by atoms with Crippen molar-refractivity contribution in [1.82, 2.24) is 15.6 Å². The predicted octanol–water partition coefficient (Wildman–Crippen LogP) is 1.70. The lowest BCUT2D eigenvalue weighted by molar-refractivity contribution is 0.0951. The fraction of sp³-hybridized carbons (Fsp3) is 0.278. The second-order valence-electron chi connectivity index (χ2n) is 5.55. The van der Waals surface area contributed by atoms with Crippen molar-refractivity contribution >= 4 is 17.5 Å². The maximum Gasteiger partial charge on any atom is 0.252 e. The Labute approximate surface area is 141 Å². The molecule has 6 nitrogen and oxygen atoms in total. The largest absolute Gasteiger partial charge is 0.378 e. The van der Waals surface area contributed by atoms with Crippen LogP contribution >= 0.6 is 0 Å². The first-order valence-corrected chi connectivity index (χ1v) is 7.82. The number of anilines is 1. The Bertz CT molecular complexity index is 669. The van der Waals surface area contributed by atoms with Crippen LogP contribution in [0.1, 0.15) is 27.1 Å². The number of amides is 2. The number of benzene rings is 1. The highest BCUT2D eigenvalue weighted by molar-refractivity contribution is 5.94. The van der Waals surface area contributed by atoms with E-state index in [9.17, 15) is 9.59 Å². The normalized spacial score (nSPS) is 10.1. The molecule has 0 spiro atoms. The number of aromatic nitrogens is 1. The van der Waals surface area contributed by atoms with E-state index in [0.717, 1.165) is 5.69 Å². The quantitative estimate of drug-likeness (QED) is 0.760. The van der Waals surface area contributed by atoms with Crippen molar-refractivity contribution < 1.29 is 9.59 Å². The molecule has 0 aliphatic carbocycles. The molecular weight excluding hydrogens is 304 g/mol. The predicted molar refractivity (Wildman–Crippen MR) is 94.3 cm³/mol. The summed E-state index contributed by atoms with van der Waals surface area (Å²) >= 11 is 0. The third-order valence-electron chi connectivity index (χ3n) is 3.49. The summed E-state index contributed by atoms with van der Waals surface area (Å²) < 4.78 is 0. The van der Waals surface area contributed by atoms with Crippen LogP contribution in [0.15, 0.2) is 48.8 Å². The van der Waals surface area contributed by atoms with Crippen LogP contribution in [0.2, 0.25) is 0 Å². The van der Waals surface area contributed by atoms with Crippen molar-refractivity contribution in [2.24, 2.45) is 0 Å². The standard InChI is InChI=1S/C18H22N4O2/c1-22(2)16-8-6-14(7-9-16)17(23)20-11-4-12-21-18(24)15-5-3-10-19-13-15/h3,5-10,13H,4,11-12H2,1-2H3,(H,20,23)(H,21,24). The van der Waals surface area contributed by atoms with Crippen molar-refractivity contribution in [3.05, 3.63) is 59.9 Å². The van der Waals surface area contributed by atoms with Crippen LogP contribution in [0.3, 0.4) is 0 Å². The van der Waals surface area contributed by atoms with Crippen LogP contribution < -0.4 is 15.5 Å². The number of hydrogen-bond acceptors (Lipinski definition) is 4. The summed E-state index contributed by atoms with van der Waals surface area (Å²) in [5.41, 5.74) is 2.20. The fourth-order valence-corrected chi connectivity index (χ4v) is 2.10. The highest BCUT2D eigenvalue weighted by atomic mass is 16.2. The average Bonchev–Trinajstić information content (AvgIpc) is 2.62. The van der Waals surface area contributed by atoms with Gasteiger partial charge in [0.15, 0.2) is 0 Å². The zero-order valence-corrected chi connectivity index (χ0v) is 14.0. The lowest BCUT2D eigenvalue weighted by atomic mass is 10.2. The molecule has 2 amide bonds. The number of nitrogens with one attached hydrogen (secondary N) is 2. The van der Waals surface area contributed by atoms with Gasteiger partial charge < -0.3 is 15.5 Å². The van der Waals surface area contributed by atoms with Gasteiger partial charge in [0.25, 0.3) is 11.8 Å². The summed E-state index contributed by atoms with van der Waals surface area (Å²) in [6.07, 6.45) is 3.80. The van der Waals surface area contributed by atoms with Crippen LogP contribution in [-0.4, -0.2) is 44.0 Å². The van der Waals surface area contributed by atoms with Gasteiger partial charge in [0.05, 0.1) is 5.56 Å². The Hall–Kier alpha value is -2.89. The molecule has 0 saturated heterocycles. The summed E-state index contributed by atoms with van der Waals surface area (Å²) in [6, 6.07) is 10.8. The summed E-state index contributed by atoms with van der Waals surface area (Å²) in [5, 5.41) is 5.64. The maximum atomic E-state index is 12.0. The number of pyridine rings is 1. The van der Waals surface area contributed by atoms with Crippen molar-refractivity contribution in [3.8, 4) is 0 Å². The minimum Gasteiger partial charge on any atom is -0.378 e. The fourth-order valence-electron chi connectivity index (χ4n) is 2.10. The molecule has 0 radical (unpaired) electrons. The molecule has 2 N–H and O–H groups in total. The molecule has 0 saturated carbocycles. The summed E-state index contributed by atoms with van der Waals surface area (Å²) in [4.78, 5) is 29.7. The molecule has 6 heteroatoms. The third kappa shape index (κ3) is 5.08. The molecule has 2 rings (SSSR count). The van der Waals surface area contributed by atoms with E-state index in [2.05, 4.69) is 15.6 Å². The van der Waals surface area contributed by atoms with Gasteiger partial charge in [0, 0.05) is 50.8 Å². The Morgan fingerprint density at radius 3 is 2.12 bits per heavy atom. The molecular formula is C18H22N4O2. The Kier molecular flexibility index (Phi) is 6.31. The van der Waals surface area contributed by atoms with Gasteiger partial charge in [-0.2, -0.15) is 0 Å². The number of hydrogen-bond donors (Lipinski definition) is 2. The zero-order valence-electron chi connectivity index (χ0n) is 14.0. The van der Waals surface area contributed by atoms with E-state index in [1.165, 1.54) is 6.20 Å². The Morgan fingerprint density at radius 2 is 1.58 bits per heavy atom. The number of rotatable bonds is 7. The van der Waals surface area contributed by atoms with Gasteiger partial charge in [-0.1, -0.05) is 0 Å². The van der Waals surface area contributed by atoms with Crippen LogP contribution in [0.4, 0.5) is 5.69 Å². The molecule has 0 atom stereocenters. The van der Waals surface area contributed by atoms with E-state index in [1.807, 2.05) is 31.1 Å². The monoisotopic (exact) mass is 326 g/mol. The zero-order chi connectivity index (χ0) is 17.4. The van der Waals surface area contributed by atoms with E-state index >= 15 is 0 Å². The van der Waals surface area contributed by atoms with Crippen LogP contribution in [0.25, 0.3) is 0 Å². The number of nitrogens with zero attached hydrogens (tertiary/aromatic N) is 2. The first-order chi connectivity index (χ1) is 11.6. The van der Waals surface area contributed by atoms with Gasteiger partial charge in [0.2, 0.25) is 0 Å². The molecule has 1 aromatic carbocycles. The van der Waals surface area contributed by atoms with E-state index < -0.39 is 0 Å². The van der Waals surface area contributed by atoms with Crippen LogP contribution in [0, 0.1) is 0 Å². The molecule has 2 aromatic rings. The average molecular weight is 326 g/mol. The molecule has 24 heavy (non-hydrogen) atoms. The highest BCUT2D eigenvalue weighted by Gasteiger charge is 2.06. The topological polar surface area (TPSA) is 74.3 Å². The summed E-state index contributed by atoms with van der Waals surface area (Å²) in [5.74, 6) is -0.271. The van der Waals surface area contributed by atoms with Gasteiger partial charge in [0.1, 0.15) is 0 Å². The van der Waals surface area contributed by atoms with Crippen molar-refractivity contribution in [1.29, 1.82) is 0 Å². The van der Waals surface area contributed by atoms with Crippen molar-refractivity contribution in [2.75, 3.05) is 32.1 Å². The van der Waals surface area contributed by atoms with Crippen LogP contribution in [0.5, 0.6) is 0 Å². The second-order valence-corrected chi connectivity index (χ2v) is 5.55. The Balaban J connectivity index is 1.68. The van der Waals surface area contributed by atoms with Gasteiger partial charge in [-0.05, 0) is 42.8 Å². The molecule has 1 heterocycles. The molecule has 0 bridgehead atoms. The molecule has 0 aliphatic heterocycles. The van der Waals surface area contributed by atoms with Gasteiger partial charge in [-0.25, -0.2) is 0 Å². The number of carbonyl (C=O) groups excluding carboxylic acids is 2. The molecule has 0 fully saturated rings. The maximum absolute atomic E-state index is 12.0. The van der Waals surface area contributed by atoms with Crippen LogP contribution in [-0.2, 0) is 0 Å². The van der Waals surface area contributed by atoms with Crippen molar-refractivity contribution in [2.45, 2.75) is 6.42 Å². The van der Waals surface area contributed by atoms with E-state index in [1.54, 1.807) is 30.5 Å². The molecule has 0 unspecified atom stereocenters. The van der Waals surface area contributed by atoms with E-state index in [-0.39, 0.29) is 11.8 Å². The van der Waals surface area contributed by atoms with E-state index in [0.29, 0.717) is 30.6 Å². The summed E-state index contributed by atoms with van der Waals surface area (Å²) in [7, 11) is 3.91. The first-order valence-electron chi connectivity index (χ1n) is 7.82. The highest BCUT2D eigenvalue weighted by Crippen LogP contribution is 2.11. The lowest BCUT2D eigenvalue weighted by Gasteiger charge is -2.12. The second kappa shape index (κ2) is 8.67. The molecule has 1 aromatic heterocycles. The SMILES string of the molecule is CN(C)c1ccc(C(=O)NCCCNC(=O)c2cccnc2)cc1. The molecule has 126 valence electrons. The van der Waals surface area contributed by atoms with Crippen molar-refractivity contribution in [3.63, 3.8) is 0 Å². The van der Waals surface area contributed by atoms with E-state index in [4.69, 9.17) is 0 Å².